The minimum absolute atomic E-state index is 0. The Hall–Kier alpha value is -1.48. The maximum Gasteiger partial charge on any atom is 0.191 e. The topological polar surface area (TPSA) is 53.5 Å². The molecule has 0 saturated heterocycles. The van der Waals surface area contributed by atoms with Crippen molar-refractivity contribution in [2.75, 3.05) is 25.9 Å². The lowest BCUT2D eigenvalue weighted by Gasteiger charge is -2.12. The van der Waals surface area contributed by atoms with Gasteiger partial charge in [0.25, 0.3) is 0 Å². The van der Waals surface area contributed by atoms with E-state index < -0.39 is 10.8 Å². The molecule has 0 amide bonds. The number of guanidine groups is 1. The summed E-state index contributed by atoms with van der Waals surface area (Å²) < 4.78 is 25.3. The molecule has 2 aromatic carbocycles. The first-order valence-electron chi connectivity index (χ1n) is 8.67. The van der Waals surface area contributed by atoms with E-state index in [9.17, 15) is 8.60 Å². The lowest BCUT2D eigenvalue weighted by atomic mass is 10.1. The molecule has 2 aromatic rings. The second-order valence-electron chi connectivity index (χ2n) is 6.02. The van der Waals surface area contributed by atoms with Gasteiger partial charge in [0.1, 0.15) is 5.82 Å². The molecule has 0 aliphatic heterocycles. The van der Waals surface area contributed by atoms with Gasteiger partial charge in [0, 0.05) is 42.4 Å². The van der Waals surface area contributed by atoms with E-state index in [2.05, 4.69) is 15.6 Å². The average molecular weight is 503 g/mol. The van der Waals surface area contributed by atoms with Crippen molar-refractivity contribution < 1.29 is 8.60 Å². The summed E-state index contributed by atoms with van der Waals surface area (Å²) in [4.78, 5) is 4.17. The summed E-state index contributed by atoms with van der Waals surface area (Å²) in [7, 11) is 0.797. The number of rotatable bonds is 8. The summed E-state index contributed by atoms with van der Waals surface area (Å²) in [6, 6.07) is 14.7. The Morgan fingerprint density at radius 3 is 2.48 bits per heavy atom. The van der Waals surface area contributed by atoms with Gasteiger partial charge in [-0.2, -0.15) is 0 Å². The Labute approximate surface area is 180 Å². The molecule has 148 valence electrons. The molecule has 27 heavy (non-hydrogen) atoms. The fraction of sp³-hybridized carbons (Fsp3) is 0.350. The van der Waals surface area contributed by atoms with Crippen LogP contribution >= 0.6 is 24.0 Å². The summed E-state index contributed by atoms with van der Waals surface area (Å²) in [5.41, 5.74) is 3.15. The molecule has 0 aliphatic rings. The van der Waals surface area contributed by atoms with Gasteiger partial charge < -0.3 is 10.6 Å². The maximum atomic E-state index is 13.1. The monoisotopic (exact) mass is 503 g/mol. The van der Waals surface area contributed by atoms with E-state index in [4.69, 9.17) is 0 Å². The van der Waals surface area contributed by atoms with Crippen LogP contribution in [0.15, 0.2) is 53.5 Å². The summed E-state index contributed by atoms with van der Waals surface area (Å²) in [5, 5.41) is 6.41. The predicted molar refractivity (Wildman–Crippen MR) is 123 cm³/mol. The fourth-order valence-electron chi connectivity index (χ4n) is 2.59. The number of halogens is 2. The van der Waals surface area contributed by atoms with Crippen molar-refractivity contribution in [3.63, 3.8) is 0 Å². The van der Waals surface area contributed by atoms with E-state index in [0.717, 1.165) is 23.1 Å². The quantitative estimate of drug-likeness (QED) is 0.330. The van der Waals surface area contributed by atoms with Crippen LogP contribution in [0, 0.1) is 12.7 Å². The van der Waals surface area contributed by atoms with Crippen LogP contribution in [0.4, 0.5) is 4.39 Å². The molecular weight excluding hydrogens is 476 g/mol. The summed E-state index contributed by atoms with van der Waals surface area (Å²) in [5.74, 6) is 1.60. The van der Waals surface area contributed by atoms with Gasteiger partial charge >= 0.3 is 0 Å². The third-order valence-electron chi connectivity index (χ3n) is 4.01. The van der Waals surface area contributed by atoms with Gasteiger partial charge in [0.15, 0.2) is 5.96 Å². The predicted octanol–water partition coefficient (Wildman–Crippen LogP) is 3.41. The zero-order valence-electron chi connectivity index (χ0n) is 15.7. The second-order valence-corrected chi connectivity index (χ2v) is 7.60. The van der Waals surface area contributed by atoms with E-state index in [1.54, 1.807) is 13.1 Å². The zero-order chi connectivity index (χ0) is 18.8. The van der Waals surface area contributed by atoms with Crippen LogP contribution in [-0.4, -0.2) is 36.1 Å². The van der Waals surface area contributed by atoms with Crippen molar-refractivity contribution in [1.82, 2.24) is 10.6 Å². The van der Waals surface area contributed by atoms with E-state index in [-0.39, 0.29) is 29.8 Å². The second kappa shape index (κ2) is 12.8. The minimum atomic E-state index is -0.911. The highest BCUT2D eigenvalue weighted by Gasteiger charge is 2.04. The molecule has 1 atom stereocenters. The van der Waals surface area contributed by atoms with Crippen LogP contribution in [0.3, 0.4) is 0 Å². The van der Waals surface area contributed by atoms with Gasteiger partial charge in [-0.15, -0.1) is 24.0 Å². The number of aryl methyl sites for hydroxylation is 1. The maximum absolute atomic E-state index is 13.1. The number of benzene rings is 2. The first kappa shape index (κ1) is 23.6. The molecule has 7 heteroatoms. The smallest absolute Gasteiger partial charge is 0.191 e. The molecule has 0 saturated carbocycles. The first-order valence-corrected chi connectivity index (χ1v) is 10.2. The van der Waals surface area contributed by atoms with Crippen LogP contribution in [0.2, 0.25) is 0 Å². The van der Waals surface area contributed by atoms with Gasteiger partial charge in [-0.25, -0.2) is 4.39 Å². The minimum Gasteiger partial charge on any atom is -0.356 e. The average Bonchev–Trinajstić information content (AvgIpc) is 2.63. The third kappa shape index (κ3) is 8.83. The number of hydrogen-bond acceptors (Lipinski definition) is 2. The van der Waals surface area contributed by atoms with E-state index in [1.807, 2.05) is 43.3 Å². The molecule has 0 bridgehead atoms. The molecule has 2 N–H and O–H groups in total. The number of nitrogens with one attached hydrogen (secondary N) is 2. The molecule has 2 rings (SSSR count). The van der Waals surface area contributed by atoms with Crippen LogP contribution < -0.4 is 10.6 Å². The molecule has 0 aromatic heterocycles. The number of aliphatic imine (C=N–C) groups is 1. The Balaban J connectivity index is 0.00000364. The Morgan fingerprint density at radius 1 is 1.11 bits per heavy atom. The molecule has 0 heterocycles. The highest BCUT2D eigenvalue weighted by molar-refractivity contribution is 14.0. The highest BCUT2D eigenvalue weighted by Crippen LogP contribution is 2.10. The van der Waals surface area contributed by atoms with Gasteiger partial charge in [0.05, 0.1) is 0 Å². The van der Waals surface area contributed by atoms with Crippen molar-refractivity contribution in [2.45, 2.75) is 19.1 Å². The van der Waals surface area contributed by atoms with Crippen molar-refractivity contribution in [2.24, 2.45) is 4.99 Å². The molecule has 4 nitrogen and oxygen atoms in total. The molecule has 0 radical (unpaired) electrons. The Bertz CT molecular complexity index is 756. The molecular formula is C20H27FIN3OS. The zero-order valence-corrected chi connectivity index (χ0v) is 18.9. The lowest BCUT2D eigenvalue weighted by Crippen LogP contribution is -2.40. The van der Waals surface area contributed by atoms with Crippen molar-refractivity contribution in [3.05, 3.63) is 71.0 Å². The van der Waals surface area contributed by atoms with Gasteiger partial charge in [-0.1, -0.05) is 36.4 Å². The summed E-state index contributed by atoms with van der Waals surface area (Å²) >= 11 is 0. The largest absolute Gasteiger partial charge is 0.356 e. The number of hydrogen-bond donors (Lipinski definition) is 2. The van der Waals surface area contributed by atoms with Gasteiger partial charge in [-0.05, 0) is 42.2 Å². The Morgan fingerprint density at radius 2 is 1.81 bits per heavy atom. The van der Waals surface area contributed by atoms with Crippen LogP contribution in [0.1, 0.15) is 16.7 Å². The third-order valence-corrected chi connectivity index (χ3v) is 5.32. The molecule has 0 aliphatic carbocycles. The molecule has 0 spiro atoms. The summed E-state index contributed by atoms with van der Waals surface area (Å²) in [6.07, 6.45) is 0.784. The van der Waals surface area contributed by atoms with Crippen molar-refractivity contribution in [1.29, 1.82) is 0 Å². The standard InChI is InChI=1S/C20H26FN3OS.HI/c1-16-14-19(21)9-8-18(16)10-11-23-20(22-2)24-12-13-26(25)15-17-6-4-3-5-7-17;/h3-9,14H,10-13,15H2,1-2H3,(H2,22,23,24);1H. The highest BCUT2D eigenvalue weighted by atomic mass is 127. The fourth-order valence-corrected chi connectivity index (χ4v) is 3.63. The van der Waals surface area contributed by atoms with E-state index in [0.29, 0.717) is 30.6 Å². The summed E-state index contributed by atoms with van der Waals surface area (Å²) in [6.45, 7) is 3.20. The number of nitrogens with zero attached hydrogens (tertiary/aromatic N) is 1. The van der Waals surface area contributed by atoms with Gasteiger partial charge in [0.2, 0.25) is 0 Å². The van der Waals surface area contributed by atoms with Crippen molar-refractivity contribution >= 4 is 40.7 Å². The van der Waals surface area contributed by atoms with Crippen LogP contribution in [-0.2, 0) is 23.0 Å². The Kier molecular flexibility index (Phi) is 11.2. The van der Waals surface area contributed by atoms with Gasteiger partial charge in [-0.3, -0.25) is 9.20 Å². The lowest BCUT2D eigenvalue weighted by molar-refractivity contribution is 0.625. The van der Waals surface area contributed by atoms with Crippen LogP contribution in [0.5, 0.6) is 0 Å². The first-order chi connectivity index (χ1) is 12.6. The van der Waals surface area contributed by atoms with E-state index >= 15 is 0 Å². The van der Waals surface area contributed by atoms with Crippen LogP contribution in [0.25, 0.3) is 0 Å². The molecule has 0 fully saturated rings. The normalized spacial score (nSPS) is 12.2. The van der Waals surface area contributed by atoms with Crippen molar-refractivity contribution in [3.8, 4) is 0 Å². The SMILES string of the molecule is CN=C(NCCc1ccc(F)cc1C)NCCS(=O)Cc1ccccc1.I. The molecule has 1 unspecified atom stereocenters. The van der Waals surface area contributed by atoms with E-state index in [1.165, 1.54) is 6.07 Å².